The summed E-state index contributed by atoms with van der Waals surface area (Å²) in [6.07, 6.45) is 4.91. The lowest BCUT2D eigenvalue weighted by molar-refractivity contribution is 0.388. The van der Waals surface area contributed by atoms with Crippen molar-refractivity contribution in [1.82, 2.24) is 10.3 Å². The van der Waals surface area contributed by atoms with E-state index in [9.17, 15) is 0 Å². The molecule has 0 spiro atoms. The fourth-order valence-electron chi connectivity index (χ4n) is 2.81. The van der Waals surface area contributed by atoms with Crippen LogP contribution in [0.4, 0.5) is 0 Å². The molecular weight excluding hydrogens is 256 g/mol. The summed E-state index contributed by atoms with van der Waals surface area (Å²) in [5.41, 5.74) is 4.16. The second-order valence-electron chi connectivity index (χ2n) is 6.54. The van der Waals surface area contributed by atoms with Crippen LogP contribution in [0, 0.1) is 6.92 Å². The van der Waals surface area contributed by atoms with Crippen LogP contribution >= 0.6 is 0 Å². The summed E-state index contributed by atoms with van der Waals surface area (Å²) < 4.78 is 0. The Hall–Kier alpha value is -1.67. The molecule has 2 heteroatoms. The van der Waals surface area contributed by atoms with Crippen molar-refractivity contribution in [2.75, 3.05) is 0 Å². The van der Waals surface area contributed by atoms with E-state index in [1.165, 1.54) is 16.7 Å². The summed E-state index contributed by atoms with van der Waals surface area (Å²) in [5.74, 6) is 0. The van der Waals surface area contributed by atoms with Gasteiger partial charge in [0.2, 0.25) is 0 Å². The molecule has 2 nitrogen and oxygen atoms in total. The predicted octanol–water partition coefficient (Wildman–Crippen LogP) is 4.24. The molecule has 0 aliphatic rings. The van der Waals surface area contributed by atoms with E-state index in [4.69, 9.17) is 0 Å². The Morgan fingerprint density at radius 2 is 1.86 bits per heavy atom. The molecule has 1 atom stereocenters. The molecule has 0 saturated carbocycles. The number of hydrogen-bond donors (Lipinski definition) is 1. The van der Waals surface area contributed by atoms with Crippen LogP contribution < -0.4 is 5.32 Å². The first-order valence-corrected chi connectivity index (χ1v) is 7.67. The first kappa shape index (κ1) is 15.7. The van der Waals surface area contributed by atoms with E-state index in [0.29, 0.717) is 6.04 Å². The van der Waals surface area contributed by atoms with Gasteiger partial charge in [0.15, 0.2) is 0 Å². The van der Waals surface area contributed by atoms with Crippen molar-refractivity contribution in [2.45, 2.75) is 52.1 Å². The van der Waals surface area contributed by atoms with Crippen LogP contribution in [0.3, 0.4) is 0 Å². The molecule has 1 unspecified atom stereocenters. The number of rotatable bonds is 6. The maximum Gasteiger partial charge on any atom is 0.0315 e. The minimum Gasteiger partial charge on any atom is -0.310 e. The summed E-state index contributed by atoms with van der Waals surface area (Å²) in [5, 5.41) is 3.63. The highest BCUT2D eigenvalue weighted by Crippen LogP contribution is 2.28. The molecule has 1 N–H and O–H groups in total. The SMILES string of the molecule is Cc1ccncc1CNC(C)CC(C)(C)c1ccccc1. The van der Waals surface area contributed by atoms with Crippen molar-refractivity contribution in [3.63, 3.8) is 0 Å². The summed E-state index contributed by atoms with van der Waals surface area (Å²) >= 11 is 0. The summed E-state index contributed by atoms with van der Waals surface area (Å²) in [4.78, 5) is 4.21. The van der Waals surface area contributed by atoms with E-state index in [2.05, 4.69) is 74.4 Å². The second kappa shape index (κ2) is 6.86. The van der Waals surface area contributed by atoms with Gasteiger partial charge >= 0.3 is 0 Å². The van der Waals surface area contributed by atoms with Crippen LogP contribution in [-0.4, -0.2) is 11.0 Å². The zero-order chi connectivity index (χ0) is 15.3. The Bertz CT molecular complexity index is 561. The number of aromatic nitrogens is 1. The van der Waals surface area contributed by atoms with Gasteiger partial charge in [0.05, 0.1) is 0 Å². The van der Waals surface area contributed by atoms with Gasteiger partial charge in [0, 0.05) is 25.0 Å². The smallest absolute Gasteiger partial charge is 0.0315 e. The van der Waals surface area contributed by atoms with E-state index < -0.39 is 0 Å². The summed E-state index contributed by atoms with van der Waals surface area (Å²) in [7, 11) is 0. The van der Waals surface area contributed by atoms with E-state index in [0.717, 1.165) is 13.0 Å². The summed E-state index contributed by atoms with van der Waals surface area (Å²) in [6, 6.07) is 13.3. The van der Waals surface area contributed by atoms with Crippen LogP contribution in [0.25, 0.3) is 0 Å². The van der Waals surface area contributed by atoms with Gasteiger partial charge in [-0.05, 0) is 48.4 Å². The van der Waals surface area contributed by atoms with Crippen molar-refractivity contribution in [1.29, 1.82) is 0 Å². The number of pyridine rings is 1. The average molecular weight is 282 g/mol. The van der Waals surface area contributed by atoms with Crippen molar-refractivity contribution in [3.8, 4) is 0 Å². The first-order valence-electron chi connectivity index (χ1n) is 7.67. The predicted molar refractivity (Wildman–Crippen MR) is 89.4 cm³/mol. The van der Waals surface area contributed by atoms with Crippen LogP contribution in [-0.2, 0) is 12.0 Å². The monoisotopic (exact) mass is 282 g/mol. The molecule has 0 saturated heterocycles. The molecule has 0 radical (unpaired) electrons. The Morgan fingerprint density at radius 1 is 1.14 bits per heavy atom. The highest BCUT2D eigenvalue weighted by molar-refractivity contribution is 5.24. The molecule has 21 heavy (non-hydrogen) atoms. The third-order valence-electron chi connectivity index (χ3n) is 4.16. The fourth-order valence-corrected chi connectivity index (χ4v) is 2.81. The van der Waals surface area contributed by atoms with Gasteiger partial charge in [0.1, 0.15) is 0 Å². The Morgan fingerprint density at radius 3 is 2.52 bits per heavy atom. The van der Waals surface area contributed by atoms with Crippen LogP contribution in [0.5, 0.6) is 0 Å². The van der Waals surface area contributed by atoms with E-state index >= 15 is 0 Å². The standard InChI is InChI=1S/C19H26N2/c1-15-10-11-20-13-17(15)14-21-16(2)12-19(3,4)18-8-6-5-7-9-18/h5-11,13,16,21H,12,14H2,1-4H3. The highest BCUT2D eigenvalue weighted by Gasteiger charge is 2.22. The summed E-state index contributed by atoms with van der Waals surface area (Å²) in [6.45, 7) is 9.91. The van der Waals surface area contributed by atoms with Crippen LogP contribution in [0.2, 0.25) is 0 Å². The minimum absolute atomic E-state index is 0.178. The van der Waals surface area contributed by atoms with Gasteiger partial charge in [-0.15, -0.1) is 0 Å². The van der Waals surface area contributed by atoms with E-state index in [-0.39, 0.29) is 5.41 Å². The lowest BCUT2D eigenvalue weighted by Crippen LogP contribution is -2.33. The lowest BCUT2D eigenvalue weighted by Gasteiger charge is -2.29. The molecular formula is C19H26N2. The number of hydrogen-bond acceptors (Lipinski definition) is 2. The van der Waals surface area contributed by atoms with Gasteiger partial charge in [-0.25, -0.2) is 0 Å². The molecule has 1 aromatic heterocycles. The molecule has 2 aromatic rings. The van der Waals surface area contributed by atoms with Crippen molar-refractivity contribution in [2.24, 2.45) is 0 Å². The largest absolute Gasteiger partial charge is 0.310 e. The second-order valence-corrected chi connectivity index (χ2v) is 6.54. The van der Waals surface area contributed by atoms with Gasteiger partial charge < -0.3 is 5.32 Å². The fraction of sp³-hybridized carbons (Fsp3) is 0.421. The van der Waals surface area contributed by atoms with E-state index in [1.54, 1.807) is 0 Å². The third kappa shape index (κ3) is 4.40. The number of nitrogens with zero attached hydrogens (tertiary/aromatic N) is 1. The minimum atomic E-state index is 0.178. The van der Waals surface area contributed by atoms with E-state index in [1.807, 2.05) is 12.4 Å². The molecule has 1 aromatic carbocycles. The molecule has 0 fully saturated rings. The number of benzene rings is 1. The highest BCUT2D eigenvalue weighted by atomic mass is 14.9. The normalized spacial score (nSPS) is 13.1. The first-order chi connectivity index (χ1) is 9.99. The molecule has 112 valence electrons. The molecule has 0 aliphatic heterocycles. The maximum atomic E-state index is 4.21. The van der Waals surface area contributed by atoms with Crippen LogP contribution in [0.1, 0.15) is 43.9 Å². The number of aryl methyl sites for hydroxylation is 1. The van der Waals surface area contributed by atoms with Crippen molar-refractivity contribution < 1.29 is 0 Å². The zero-order valence-electron chi connectivity index (χ0n) is 13.6. The lowest BCUT2D eigenvalue weighted by atomic mass is 9.79. The Kier molecular flexibility index (Phi) is 5.13. The molecule has 1 heterocycles. The zero-order valence-corrected chi connectivity index (χ0v) is 13.6. The number of nitrogens with one attached hydrogen (secondary N) is 1. The quantitative estimate of drug-likeness (QED) is 0.857. The molecule has 0 bridgehead atoms. The maximum absolute atomic E-state index is 4.21. The van der Waals surface area contributed by atoms with Gasteiger partial charge in [0.25, 0.3) is 0 Å². The molecule has 2 rings (SSSR count). The van der Waals surface area contributed by atoms with Gasteiger partial charge in [-0.2, -0.15) is 0 Å². The van der Waals surface area contributed by atoms with Gasteiger partial charge in [-0.3, -0.25) is 4.98 Å². The third-order valence-corrected chi connectivity index (χ3v) is 4.16. The molecule has 0 amide bonds. The van der Waals surface area contributed by atoms with Crippen molar-refractivity contribution >= 4 is 0 Å². The van der Waals surface area contributed by atoms with Gasteiger partial charge in [-0.1, -0.05) is 44.2 Å². The average Bonchev–Trinajstić information content (AvgIpc) is 2.47. The molecule has 0 aliphatic carbocycles. The van der Waals surface area contributed by atoms with Crippen LogP contribution in [0.15, 0.2) is 48.8 Å². The topological polar surface area (TPSA) is 24.9 Å². The Balaban J connectivity index is 1.93. The Labute approximate surface area is 128 Å². The van der Waals surface area contributed by atoms with Crippen molar-refractivity contribution in [3.05, 3.63) is 65.5 Å².